The van der Waals surface area contributed by atoms with E-state index in [9.17, 15) is 4.79 Å². The minimum Gasteiger partial charge on any atom is -0.495 e. The Morgan fingerprint density at radius 2 is 1.96 bits per heavy atom. The summed E-state index contributed by atoms with van der Waals surface area (Å²) in [5.74, 6) is 0.860. The molecule has 6 heteroatoms. The first kappa shape index (κ1) is 19.4. The number of hydrogen-bond donors (Lipinski definition) is 2. The van der Waals surface area contributed by atoms with Crippen molar-refractivity contribution in [3.05, 3.63) is 24.3 Å². The summed E-state index contributed by atoms with van der Waals surface area (Å²) in [6.07, 6.45) is 1.77. The van der Waals surface area contributed by atoms with Crippen LogP contribution in [-0.4, -0.2) is 51.0 Å². The van der Waals surface area contributed by atoms with Crippen LogP contribution >= 0.6 is 0 Å². The Hall–Kier alpha value is -1.95. The molecule has 1 heterocycles. The zero-order valence-electron chi connectivity index (χ0n) is 15.8. The highest BCUT2D eigenvalue weighted by Crippen LogP contribution is 2.30. The summed E-state index contributed by atoms with van der Waals surface area (Å²) >= 11 is 0. The third-order valence-electron chi connectivity index (χ3n) is 4.16. The number of rotatable bonds is 6. The van der Waals surface area contributed by atoms with E-state index in [-0.39, 0.29) is 6.09 Å². The highest BCUT2D eigenvalue weighted by Gasteiger charge is 2.24. The molecule has 1 saturated heterocycles. The van der Waals surface area contributed by atoms with E-state index in [0.717, 1.165) is 37.4 Å². The number of nitrogens with zero attached hydrogens (tertiary/aromatic N) is 1. The third kappa shape index (κ3) is 6.12. The molecule has 0 bridgehead atoms. The molecule has 1 aromatic rings. The van der Waals surface area contributed by atoms with Crippen LogP contribution in [0, 0.1) is 0 Å². The topological polar surface area (TPSA) is 62.8 Å². The highest BCUT2D eigenvalue weighted by atomic mass is 16.6. The number of hydrogen-bond acceptors (Lipinski definition) is 5. The van der Waals surface area contributed by atoms with Gasteiger partial charge in [0, 0.05) is 19.1 Å². The van der Waals surface area contributed by atoms with E-state index >= 15 is 0 Å². The van der Waals surface area contributed by atoms with Crippen LogP contribution in [0.2, 0.25) is 0 Å². The van der Waals surface area contributed by atoms with Gasteiger partial charge < -0.3 is 25.0 Å². The fourth-order valence-electron chi connectivity index (χ4n) is 3.08. The molecule has 1 aromatic carbocycles. The largest absolute Gasteiger partial charge is 0.495 e. The molecule has 0 spiro atoms. The third-order valence-corrected chi connectivity index (χ3v) is 4.16. The van der Waals surface area contributed by atoms with Gasteiger partial charge in [0.25, 0.3) is 0 Å². The number of para-hydroxylation sites is 2. The Morgan fingerprint density at radius 1 is 1.28 bits per heavy atom. The van der Waals surface area contributed by atoms with E-state index in [1.807, 2.05) is 39.0 Å². The van der Waals surface area contributed by atoms with Crippen LogP contribution < -0.4 is 20.3 Å². The van der Waals surface area contributed by atoms with Crippen LogP contribution in [0.25, 0.3) is 0 Å². The Morgan fingerprint density at radius 3 is 2.60 bits per heavy atom. The Balaban J connectivity index is 2.03. The van der Waals surface area contributed by atoms with E-state index in [1.165, 1.54) is 0 Å². The van der Waals surface area contributed by atoms with Gasteiger partial charge in [-0.25, -0.2) is 4.79 Å². The molecular formula is C19H31N3O3. The van der Waals surface area contributed by atoms with E-state index in [4.69, 9.17) is 9.47 Å². The second kappa shape index (κ2) is 8.94. The number of benzene rings is 1. The first-order valence-corrected chi connectivity index (χ1v) is 8.98. The van der Waals surface area contributed by atoms with Gasteiger partial charge in [0.1, 0.15) is 11.4 Å². The van der Waals surface area contributed by atoms with Crippen LogP contribution in [0.5, 0.6) is 5.75 Å². The molecule has 25 heavy (non-hydrogen) atoms. The second-order valence-electron chi connectivity index (χ2n) is 7.28. The number of nitrogens with one attached hydrogen (secondary N) is 2. The van der Waals surface area contributed by atoms with Crippen LogP contribution in [0.3, 0.4) is 0 Å². The van der Waals surface area contributed by atoms with Crippen molar-refractivity contribution in [2.45, 2.75) is 45.3 Å². The number of piperidine rings is 1. The Kier molecular flexibility index (Phi) is 6.93. The minimum atomic E-state index is -0.485. The van der Waals surface area contributed by atoms with E-state index < -0.39 is 5.60 Å². The summed E-state index contributed by atoms with van der Waals surface area (Å²) in [6.45, 7) is 8.85. The normalized spacial score (nSPS) is 15.5. The van der Waals surface area contributed by atoms with Crippen molar-refractivity contribution in [3.63, 3.8) is 0 Å². The van der Waals surface area contributed by atoms with Crippen molar-refractivity contribution in [1.29, 1.82) is 0 Å². The van der Waals surface area contributed by atoms with Gasteiger partial charge in [-0.15, -0.1) is 0 Å². The van der Waals surface area contributed by atoms with Gasteiger partial charge in [-0.05, 0) is 58.8 Å². The number of alkyl carbamates (subject to hydrolysis) is 1. The van der Waals surface area contributed by atoms with Gasteiger partial charge in [-0.1, -0.05) is 12.1 Å². The molecule has 0 radical (unpaired) electrons. The average molecular weight is 349 g/mol. The molecule has 1 fully saturated rings. The summed E-state index contributed by atoms with van der Waals surface area (Å²) in [5.41, 5.74) is 0.587. The first-order chi connectivity index (χ1) is 11.9. The zero-order chi connectivity index (χ0) is 18.3. The molecule has 1 aliphatic rings. The molecule has 0 atom stereocenters. The smallest absolute Gasteiger partial charge is 0.407 e. The summed E-state index contributed by atoms with van der Waals surface area (Å²) < 4.78 is 10.9. The molecule has 0 aliphatic carbocycles. The molecule has 0 saturated carbocycles. The molecule has 1 aliphatic heterocycles. The van der Waals surface area contributed by atoms with Crippen LogP contribution in [-0.2, 0) is 4.74 Å². The second-order valence-corrected chi connectivity index (χ2v) is 7.28. The maximum atomic E-state index is 11.9. The van der Waals surface area contributed by atoms with Gasteiger partial charge in [0.2, 0.25) is 0 Å². The lowest BCUT2D eigenvalue weighted by atomic mass is 10.0. The number of amides is 1. The summed E-state index contributed by atoms with van der Waals surface area (Å²) in [6, 6.07) is 8.48. The lowest BCUT2D eigenvalue weighted by molar-refractivity contribution is 0.0529. The number of anilines is 1. The van der Waals surface area contributed by atoms with E-state index in [1.54, 1.807) is 7.11 Å². The van der Waals surface area contributed by atoms with Gasteiger partial charge in [0.05, 0.1) is 12.8 Å². The number of ether oxygens (including phenoxy) is 2. The van der Waals surface area contributed by atoms with Gasteiger partial charge in [-0.3, -0.25) is 0 Å². The lowest BCUT2D eigenvalue weighted by Crippen LogP contribution is -2.46. The SMILES string of the molecule is COc1ccccc1N(CCNC(=O)OC(C)(C)C)C1CCNCC1. The lowest BCUT2D eigenvalue weighted by Gasteiger charge is -2.37. The van der Waals surface area contributed by atoms with Crippen LogP contribution in [0.15, 0.2) is 24.3 Å². The molecule has 0 unspecified atom stereocenters. The molecular weight excluding hydrogens is 318 g/mol. The van der Waals surface area contributed by atoms with Crippen molar-refractivity contribution in [1.82, 2.24) is 10.6 Å². The number of carbonyl (C=O) groups excluding carboxylic acids is 1. The average Bonchev–Trinajstić information content (AvgIpc) is 2.58. The zero-order valence-corrected chi connectivity index (χ0v) is 15.8. The molecule has 0 aromatic heterocycles. The maximum Gasteiger partial charge on any atom is 0.407 e. The predicted molar refractivity (Wildman–Crippen MR) is 100 cm³/mol. The highest BCUT2D eigenvalue weighted by molar-refractivity contribution is 5.67. The van der Waals surface area contributed by atoms with Crippen molar-refractivity contribution in [2.75, 3.05) is 38.2 Å². The molecule has 6 nitrogen and oxygen atoms in total. The fourth-order valence-corrected chi connectivity index (χ4v) is 3.08. The van der Waals surface area contributed by atoms with Gasteiger partial charge in [-0.2, -0.15) is 0 Å². The summed E-state index contributed by atoms with van der Waals surface area (Å²) in [5, 5.41) is 6.26. The Bertz CT molecular complexity index is 551. The molecule has 140 valence electrons. The predicted octanol–water partition coefficient (Wildman–Crippen LogP) is 2.78. The van der Waals surface area contributed by atoms with Crippen LogP contribution in [0.4, 0.5) is 10.5 Å². The fraction of sp³-hybridized carbons (Fsp3) is 0.632. The molecule has 1 amide bonds. The van der Waals surface area contributed by atoms with Crippen molar-refractivity contribution < 1.29 is 14.3 Å². The maximum absolute atomic E-state index is 11.9. The number of carbonyl (C=O) groups is 1. The summed E-state index contributed by atoms with van der Waals surface area (Å²) in [4.78, 5) is 14.2. The monoisotopic (exact) mass is 349 g/mol. The van der Waals surface area contributed by atoms with Crippen molar-refractivity contribution in [3.8, 4) is 5.75 Å². The first-order valence-electron chi connectivity index (χ1n) is 8.98. The van der Waals surface area contributed by atoms with Crippen molar-refractivity contribution >= 4 is 11.8 Å². The quantitative estimate of drug-likeness (QED) is 0.827. The van der Waals surface area contributed by atoms with Crippen molar-refractivity contribution in [2.24, 2.45) is 0 Å². The summed E-state index contributed by atoms with van der Waals surface area (Å²) in [7, 11) is 1.69. The molecule has 2 rings (SSSR count). The standard InChI is InChI=1S/C19H31N3O3/c1-19(2,3)25-18(23)21-13-14-22(15-9-11-20-12-10-15)16-7-5-6-8-17(16)24-4/h5-8,15,20H,9-14H2,1-4H3,(H,21,23). The minimum absolute atomic E-state index is 0.377. The van der Waals surface area contributed by atoms with Gasteiger partial charge >= 0.3 is 6.09 Å². The van der Waals surface area contributed by atoms with E-state index in [0.29, 0.717) is 19.1 Å². The van der Waals surface area contributed by atoms with Gasteiger partial charge in [0.15, 0.2) is 0 Å². The Labute approximate surface area is 150 Å². The number of methoxy groups -OCH3 is 1. The molecule has 2 N–H and O–H groups in total. The van der Waals surface area contributed by atoms with E-state index in [2.05, 4.69) is 21.6 Å². The van der Waals surface area contributed by atoms with Crippen LogP contribution in [0.1, 0.15) is 33.6 Å².